The predicted molar refractivity (Wildman–Crippen MR) is 28.9 cm³/mol. The van der Waals surface area contributed by atoms with E-state index >= 15 is 0 Å². The maximum Gasteiger partial charge on any atom is 0.415 e. The molecule has 1 heterocycles. The van der Waals surface area contributed by atoms with Gasteiger partial charge in [-0.1, -0.05) is 0 Å². The van der Waals surface area contributed by atoms with E-state index in [1.165, 1.54) is 12.1 Å². The van der Waals surface area contributed by atoms with Crippen molar-refractivity contribution in [3.63, 3.8) is 0 Å². The van der Waals surface area contributed by atoms with E-state index in [1.807, 2.05) is 0 Å². The monoisotopic (exact) mass is 151 g/mol. The van der Waals surface area contributed by atoms with Crippen molar-refractivity contribution >= 4 is 0 Å². The molecule has 0 fully saturated rings. The van der Waals surface area contributed by atoms with E-state index in [-0.39, 0.29) is 6.54 Å². The van der Waals surface area contributed by atoms with Gasteiger partial charge in [-0.2, -0.15) is 18.2 Å². The molecule has 0 saturated carbocycles. The van der Waals surface area contributed by atoms with Crippen molar-refractivity contribution in [2.75, 3.05) is 13.6 Å². The van der Waals surface area contributed by atoms with E-state index in [4.69, 9.17) is 0 Å². The van der Waals surface area contributed by atoms with Crippen molar-refractivity contribution in [1.29, 1.82) is 0 Å². The molecule has 5 heteroatoms. The normalized spacial score (nSPS) is 20.6. The summed E-state index contributed by atoms with van der Waals surface area (Å²) in [6.07, 6.45) is -3.37. The minimum atomic E-state index is -4.21. The summed E-state index contributed by atoms with van der Waals surface area (Å²) in [7, 11) is 1.50. The molecule has 57 valence electrons. The van der Waals surface area contributed by atoms with Crippen LogP contribution >= 0.6 is 0 Å². The van der Waals surface area contributed by atoms with Gasteiger partial charge < -0.3 is 0 Å². The molecule has 1 aliphatic heterocycles. The number of rotatable bonds is 0. The van der Waals surface area contributed by atoms with Gasteiger partial charge in [0.2, 0.25) is 0 Å². The first-order chi connectivity index (χ1) is 4.50. The second kappa shape index (κ2) is 2.16. The molecule has 0 amide bonds. The van der Waals surface area contributed by atoms with Crippen LogP contribution in [0.3, 0.4) is 0 Å². The van der Waals surface area contributed by atoms with E-state index in [2.05, 4.69) is 5.43 Å². The summed E-state index contributed by atoms with van der Waals surface area (Å²) in [5.41, 5.74) is 2.85. The Labute approximate surface area is 56.3 Å². The molecule has 0 aromatic rings. The SMILES string of the molecule is CN1CC(C(F)(F)F)=C[N]1. The molecule has 0 unspecified atom stereocenters. The van der Waals surface area contributed by atoms with Crippen LogP contribution in [0.1, 0.15) is 0 Å². The van der Waals surface area contributed by atoms with Crippen LogP contribution < -0.4 is 5.43 Å². The average Bonchev–Trinajstić information content (AvgIpc) is 2.11. The van der Waals surface area contributed by atoms with Crippen LogP contribution in [0.25, 0.3) is 0 Å². The van der Waals surface area contributed by atoms with Crippen LogP contribution in [0, 0.1) is 0 Å². The third-order valence-corrected chi connectivity index (χ3v) is 1.17. The first-order valence-electron chi connectivity index (χ1n) is 2.68. The highest BCUT2D eigenvalue weighted by atomic mass is 19.4. The number of hydrogen-bond donors (Lipinski definition) is 0. The molecule has 0 N–H and O–H groups in total. The lowest BCUT2D eigenvalue weighted by Gasteiger charge is -2.07. The highest BCUT2D eigenvalue weighted by molar-refractivity contribution is 5.12. The Morgan fingerprint density at radius 2 is 2.20 bits per heavy atom. The van der Waals surface area contributed by atoms with Crippen LogP contribution in [0.2, 0.25) is 0 Å². The third kappa shape index (κ3) is 1.41. The zero-order valence-electron chi connectivity index (χ0n) is 5.31. The summed E-state index contributed by atoms with van der Waals surface area (Å²) in [4.78, 5) is 0. The molecule has 1 rings (SSSR count). The number of halogens is 3. The van der Waals surface area contributed by atoms with Crippen LogP contribution in [0.4, 0.5) is 13.2 Å². The van der Waals surface area contributed by atoms with E-state index < -0.39 is 11.7 Å². The van der Waals surface area contributed by atoms with Gasteiger partial charge in [-0.15, -0.1) is 0 Å². The predicted octanol–water partition coefficient (Wildman–Crippen LogP) is 0.897. The highest BCUT2D eigenvalue weighted by Crippen LogP contribution is 2.27. The summed E-state index contributed by atoms with van der Waals surface area (Å²) >= 11 is 0. The van der Waals surface area contributed by atoms with E-state index in [0.29, 0.717) is 0 Å². The second-order valence-electron chi connectivity index (χ2n) is 2.08. The fraction of sp³-hybridized carbons (Fsp3) is 0.600. The standard InChI is InChI=1S/C5H6F3N2/c1-10-3-4(2-9-10)5(6,7)8/h2H,3H2,1H3. The Balaban J connectivity index is 2.60. The summed E-state index contributed by atoms with van der Waals surface area (Å²) in [6, 6.07) is 0. The zero-order valence-corrected chi connectivity index (χ0v) is 5.31. The molecule has 0 aromatic heterocycles. The van der Waals surface area contributed by atoms with Crippen molar-refractivity contribution < 1.29 is 13.2 Å². The van der Waals surface area contributed by atoms with Gasteiger partial charge >= 0.3 is 6.18 Å². The van der Waals surface area contributed by atoms with Crippen LogP contribution in [0.5, 0.6) is 0 Å². The molecule has 0 bridgehead atoms. The number of nitrogens with zero attached hydrogens (tertiary/aromatic N) is 2. The molecule has 0 aromatic carbocycles. The van der Waals surface area contributed by atoms with Crippen molar-refractivity contribution in [3.8, 4) is 0 Å². The molecule has 10 heavy (non-hydrogen) atoms. The van der Waals surface area contributed by atoms with Gasteiger partial charge in [-0.05, 0) is 0 Å². The Hall–Kier alpha value is -0.710. The molecule has 0 atom stereocenters. The molecule has 2 nitrogen and oxygen atoms in total. The molecule has 0 spiro atoms. The van der Waals surface area contributed by atoms with Gasteiger partial charge in [-0.25, -0.2) is 5.43 Å². The van der Waals surface area contributed by atoms with E-state index in [1.54, 1.807) is 0 Å². The Morgan fingerprint density at radius 3 is 2.40 bits per heavy atom. The Bertz CT molecular complexity index is 161. The fourth-order valence-corrected chi connectivity index (χ4v) is 0.659. The summed E-state index contributed by atoms with van der Waals surface area (Å²) in [5, 5.41) is 1.24. The molecule has 0 saturated heterocycles. The first kappa shape index (κ1) is 7.40. The Kier molecular flexibility index (Phi) is 1.60. The molecular formula is C5H6F3N2. The molecular weight excluding hydrogens is 145 g/mol. The minimum absolute atomic E-state index is 0.135. The largest absolute Gasteiger partial charge is 0.415 e. The topological polar surface area (TPSA) is 17.3 Å². The van der Waals surface area contributed by atoms with Crippen molar-refractivity contribution in [1.82, 2.24) is 10.4 Å². The summed E-state index contributed by atoms with van der Waals surface area (Å²) in [6.45, 7) is -0.135. The van der Waals surface area contributed by atoms with Crippen molar-refractivity contribution in [2.24, 2.45) is 0 Å². The van der Waals surface area contributed by atoms with Gasteiger partial charge in [0.25, 0.3) is 0 Å². The lowest BCUT2D eigenvalue weighted by Crippen LogP contribution is -2.22. The van der Waals surface area contributed by atoms with Gasteiger partial charge in [0.15, 0.2) is 0 Å². The number of hydrogen-bond acceptors (Lipinski definition) is 1. The smallest absolute Gasteiger partial charge is 0.207 e. The molecule has 0 aliphatic carbocycles. The Morgan fingerprint density at radius 1 is 1.60 bits per heavy atom. The second-order valence-corrected chi connectivity index (χ2v) is 2.08. The molecule has 1 radical (unpaired) electrons. The van der Waals surface area contributed by atoms with E-state index in [9.17, 15) is 13.2 Å². The van der Waals surface area contributed by atoms with Crippen LogP contribution in [0.15, 0.2) is 11.8 Å². The maximum absolute atomic E-state index is 11.8. The van der Waals surface area contributed by atoms with Gasteiger partial charge in [-0.3, -0.25) is 0 Å². The number of alkyl halides is 3. The van der Waals surface area contributed by atoms with Gasteiger partial charge in [0, 0.05) is 7.05 Å². The first-order valence-corrected chi connectivity index (χ1v) is 2.68. The molecule has 1 aliphatic rings. The number of likely N-dealkylation sites (N-methyl/N-ethyl adjacent to an activating group) is 1. The summed E-state index contributed by atoms with van der Waals surface area (Å²) in [5.74, 6) is 0. The fourth-order valence-electron chi connectivity index (χ4n) is 0.659. The van der Waals surface area contributed by atoms with Gasteiger partial charge in [0.05, 0.1) is 18.3 Å². The maximum atomic E-state index is 11.8. The van der Waals surface area contributed by atoms with Crippen LogP contribution in [-0.4, -0.2) is 24.8 Å². The third-order valence-electron chi connectivity index (χ3n) is 1.17. The summed E-state index contributed by atoms with van der Waals surface area (Å²) < 4.78 is 35.3. The lowest BCUT2D eigenvalue weighted by atomic mass is 10.3. The van der Waals surface area contributed by atoms with E-state index in [0.717, 1.165) is 6.20 Å². The minimum Gasteiger partial charge on any atom is -0.207 e. The average molecular weight is 151 g/mol. The van der Waals surface area contributed by atoms with Gasteiger partial charge in [0.1, 0.15) is 0 Å². The quantitative estimate of drug-likeness (QED) is 0.502. The van der Waals surface area contributed by atoms with Crippen molar-refractivity contribution in [2.45, 2.75) is 6.18 Å². The van der Waals surface area contributed by atoms with Crippen LogP contribution in [-0.2, 0) is 0 Å². The highest BCUT2D eigenvalue weighted by Gasteiger charge is 2.36. The van der Waals surface area contributed by atoms with Crippen molar-refractivity contribution in [3.05, 3.63) is 11.8 Å². The zero-order chi connectivity index (χ0) is 7.78. The lowest BCUT2D eigenvalue weighted by molar-refractivity contribution is -0.0933.